The Balaban J connectivity index is 3.52. The summed E-state index contributed by atoms with van der Waals surface area (Å²) in [5, 5.41) is 0. The number of rotatable bonds is 6. The van der Waals surface area contributed by atoms with Crippen molar-refractivity contribution >= 4 is 0 Å². The molecule has 0 rings (SSSR count). The first kappa shape index (κ1) is 12.7. The molecule has 0 aliphatic carbocycles. The smallest absolute Gasteiger partial charge is 0.323 e. The molecule has 0 aromatic heterocycles. The van der Waals surface area contributed by atoms with Crippen LogP contribution in [-0.4, -0.2) is 19.1 Å². The third kappa shape index (κ3) is 5.85. The molecular weight excluding hydrogens is 188 g/mol. The van der Waals surface area contributed by atoms with E-state index in [-0.39, 0.29) is 13.0 Å². The van der Waals surface area contributed by atoms with Crippen LogP contribution in [0.4, 0.5) is 17.6 Å². The first-order valence-corrected chi connectivity index (χ1v) is 4.14. The van der Waals surface area contributed by atoms with Crippen molar-refractivity contribution in [1.29, 1.82) is 0 Å². The minimum absolute atomic E-state index is 0.0461. The minimum Gasteiger partial charge on any atom is -0.323 e. The van der Waals surface area contributed by atoms with Gasteiger partial charge in [-0.2, -0.15) is 8.78 Å². The number of hydrogen-bond donors (Lipinski definition) is 0. The molecule has 0 radical (unpaired) electrons. The van der Waals surface area contributed by atoms with Crippen LogP contribution in [0.25, 0.3) is 0 Å². The second-order valence-electron chi connectivity index (χ2n) is 3.15. The molecule has 0 N–H and O–H groups in total. The Labute approximate surface area is 75.1 Å². The fourth-order valence-corrected chi connectivity index (χ4v) is 0.769. The monoisotopic (exact) mass is 202 g/mol. The van der Waals surface area contributed by atoms with Crippen molar-refractivity contribution in [2.45, 2.75) is 39.2 Å². The Hall–Kier alpha value is -0.320. The minimum atomic E-state index is -2.87. The lowest BCUT2D eigenvalue weighted by Gasteiger charge is -2.19. The summed E-state index contributed by atoms with van der Waals surface area (Å²) in [6.45, 7) is -0.394. The van der Waals surface area contributed by atoms with Crippen molar-refractivity contribution in [1.82, 2.24) is 0 Å². The normalized spacial score (nSPS) is 12.9. The van der Waals surface area contributed by atoms with Gasteiger partial charge >= 0.3 is 6.61 Å². The first-order chi connectivity index (χ1) is 5.86. The van der Waals surface area contributed by atoms with Gasteiger partial charge in [0.15, 0.2) is 0 Å². The van der Waals surface area contributed by atoms with Crippen LogP contribution >= 0.6 is 0 Å². The summed E-state index contributed by atoms with van der Waals surface area (Å²) in [5.74, 6) is -3.55. The zero-order chi connectivity index (χ0) is 10.5. The second kappa shape index (κ2) is 5.42. The first-order valence-electron chi connectivity index (χ1n) is 4.14. The molecule has 0 fully saturated rings. The van der Waals surface area contributed by atoms with Crippen LogP contribution < -0.4 is 0 Å². The van der Waals surface area contributed by atoms with Crippen molar-refractivity contribution < 1.29 is 22.3 Å². The highest BCUT2D eigenvalue weighted by Crippen LogP contribution is 2.28. The fourth-order valence-electron chi connectivity index (χ4n) is 0.769. The molecule has 0 aliphatic heterocycles. The Kier molecular flexibility index (Phi) is 5.29. The van der Waals surface area contributed by atoms with Crippen LogP contribution in [0.15, 0.2) is 0 Å². The SMILES string of the molecule is CC(C)C(F)(F)CCCOC(F)F. The van der Waals surface area contributed by atoms with Crippen LogP contribution in [0.2, 0.25) is 0 Å². The number of alkyl halides is 4. The number of halogens is 4. The van der Waals surface area contributed by atoms with Gasteiger partial charge < -0.3 is 4.74 Å². The topological polar surface area (TPSA) is 9.23 Å². The molecule has 0 heterocycles. The van der Waals surface area contributed by atoms with Crippen molar-refractivity contribution in [3.8, 4) is 0 Å². The molecule has 13 heavy (non-hydrogen) atoms. The molecule has 0 aromatic rings. The van der Waals surface area contributed by atoms with E-state index in [0.29, 0.717) is 0 Å². The van der Waals surface area contributed by atoms with E-state index in [9.17, 15) is 17.6 Å². The molecule has 0 aliphatic rings. The second-order valence-corrected chi connectivity index (χ2v) is 3.15. The Morgan fingerprint density at radius 1 is 1.23 bits per heavy atom. The molecule has 0 saturated carbocycles. The predicted octanol–water partition coefficient (Wildman–Crippen LogP) is 3.30. The van der Waals surface area contributed by atoms with Crippen molar-refractivity contribution in [2.24, 2.45) is 5.92 Å². The Morgan fingerprint density at radius 3 is 2.15 bits per heavy atom. The van der Waals surface area contributed by atoms with Gasteiger partial charge in [0.05, 0.1) is 6.61 Å². The molecule has 5 heteroatoms. The van der Waals surface area contributed by atoms with Crippen molar-refractivity contribution in [3.63, 3.8) is 0 Å². The van der Waals surface area contributed by atoms with E-state index in [4.69, 9.17) is 0 Å². The van der Waals surface area contributed by atoms with E-state index in [1.807, 2.05) is 0 Å². The summed E-state index contributed by atoms with van der Waals surface area (Å²) in [7, 11) is 0. The highest BCUT2D eigenvalue weighted by atomic mass is 19.3. The molecule has 0 atom stereocenters. The predicted molar refractivity (Wildman–Crippen MR) is 41.0 cm³/mol. The van der Waals surface area contributed by atoms with Crippen LogP contribution in [0, 0.1) is 5.92 Å². The summed E-state index contributed by atoms with van der Waals surface area (Å²) in [6.07, 6.45) is -0.451. The highest BCUT2D eigenvalue weighted by Gasteiger charge is 2.32. The van der Waals surface area contributed by atoms with Gasteiger partial charge in [-0.1, -0.05) is 13.8 Å². The lowest BCUT2D eigenvalue weighted by atomic mass is 10.0. The molecule has 0 bridgehead atoms. The van der Waals surface area contributed by atoms with Crippen molar-refractivity contribution in [2.75, 3.05) is 6.61 Å². The van der Waals surface area contributed by atoms with Gasteiger partial charge in [0.1, 0.15) is 0 Å². The van der Waals surface area contributed by atoms with Gasteiger partial charge in [-0.15, -0.1) is 0 Å². The van der Waals surface area contributed by atoms with Crippen LogP contribution in [0.3, 0.4) is 0 Å². The lowest BCUT2D eigenvalue weighted by Crippen LogP contribution is -2.24. The van der Waals surface area contributed by atoms with E-state index >= 15 is 0 Å². The molecule has 0 saturated heterocycles. The molecule has 1 nitrogen and oxygen atoms in total. The highest BCUT2D eigenvalue weighted by molar-refractivity contribution is 4.69. The average molecular weight is 202 g/mol. The van der Waals surface area contributed by atoms with Gasteiger partial charge in [-0.25, -0.2) is 8.78 Å². The summed E-state index contributed by atoms with van der Waals surface area (Å²) in [6, 6.07) is 0. The quantitative estimate of drug-likeness (QED) is 0.474. The maximum absolute atomic E-state index is 12.8. The third-order valence-corrected chi connectivity index (χ3v) is 1.74. The van der Waals surface area contributed by atoms with E-state index in [0.717, 1.165) is 0 Å². The standard InChI is InChI=1S/C8H14F4O/c1-6(2)8(11,12)4-3-5-13-7(9)10/h6-7H,3-5H2,1-2H3. The van der Waals surface area contributed by atoms with Gasteiger partial charge in [0, 0.05) is 12.3 Å². The number of hydrogen-bond acceptors (Lipinski definition) is 1. The van der Waals surface area contributed by atoms with E-state index in [2.05, 4.69) is 4.74 Å². The Morgan fingerprint density at radius 2 is 1.77 bits per heavy atom. The molecular formula is C8H14F4O. The van der Waals surface area contributed by atoms with Crippen molar-refractivity contribution in [3.05, 3.63) is 0 Å². The van der Waals surface area contributed by atoms with E-state index in [1.165, 1.54) is 13.8 Å². The summed E-state index contributed by atoms with van der Waals surface area (Å²) >= 11 is 0. The largest absolute Gasteiger partial charge is 0.345 e. The van der Waals surface area contributed by atoms with E-state index in [1.54, 1.807) is 0 Å². The molecule has 0 aromatic carbocycles. The van der Waals surface area contributed by atoms with Crippen LogP contribution in [0.5, 0.6) is 0 Å². The van der Waals surface area contributed by atoms with Crippen LogP contribution in [0.1, 0.15) is 26.7 Å². The maximum Gasteiger partial charge on any atom is 0.345 e. The van der Waals surface area contributed by atoms with Gasteiger partial charge in [-0.05, 0) is 6.42 Å². The summed E-state index contributed by atoms with van der Waals surface area (Å²) in [5.41, 5.74) is 0. The summed E-state index contributed by atoms with van der Waals surface area (Å²) < 4.78 is 52.3. The molecule has 0 unspecified atom stereocenters. The third-order valence-electron chi connectivity index (χ3n) is 1.74. The molecule has 80 valence electrons. The zero-order valence-electron chi connectivity index (χ0n) is 7.70. The van der Waals surface area contributed by atoms with Gasteiger partial charge in [0.2, 0.25) is 0 Å². The molecule has 0 spiro atoms. The number of ether oxygens (including phenoxy) is 1. The fraction of sp³-hybridized carbons (Fsp3) is 1.00. The zero-order valence-corrected chi connectivity index (χ0v) is 7.70. The van der Waals surface area contributed by atoms with Crippen LogP contribution in [-0.2, 0) is 4.74 Å². The molecule has 0 amide bonds. The summed E-state index contributed by atoms with van der Waals surface area (Å²) in [4.78, 5) is 0. The van der Waals surface area contributed by atoms with Gasteiger partial charge in [0.25, 0.3) is 5.92 Å². The average Bonchev–Trinajstić information content (AvgIpc) is 1.97. The Bertz CT molecular complexity index is 136. The van der Waals surface area contributed by atoms with Gasteiger partial charge in [-0.3, -0.25) is 0 Å². The maximum atomic E-state index is 12.8. The van der Waals surface area contributed by atoms with E-state index < -0.39 is 24.9 Å². The lowest BCUT2D eigenvalue weighted by molar-refractivity contribution is -0.135.